The number of benzene rings is 2. The second-order valence-electron chi connectivity index (χ2n) is 5.60. The molecule has 10 nitrogen and oxygen atoms in total. The molecule has 1 amide bonds. The third-order valence-corrected chi connectivity index (χ3v) is 3.61. The van der Waals surface area contributed by atoms with Crippen LogP contribution in [0.5, 0.6) is 0 Å². The molecule has 0 bridgehead atoms. The van der Waals surface area contributed by atoms with E-state index in [2.05, 4.69) is 5.32 Å². The average molecular weight is 373 g/mol. The molecule has 10 heteroatoms. The smallest absolute Gasteiger partial charge is 0.338 e. The maximum absolute atomic E-state index is 12.1. The number of hydrogen-bond donors (Lipinski definition) is 1. The van der Waals surface area contributed by atoms with Gasteiger partial charge in [-0.25, -0.2) is 4.79 Å². The molecule has 2 aromatic rings. The Kier molecular flexibility index (Phi) is 5.81. The molecule has 0 fully saturated rings. The Morgan fingerprint density at radius 2 is 1.78 bits per heavy atom. The number of carbonyl (C=O) groups excluding carboxylic acids is 2. The summed E-state index contributed by atoms with van der Waals surface area (Å²) in [5.74, 6) is -1.50. The van der Waals surface area contributed by atoms with E-state index in [9.17, 15) is 29.8 Å². The maximum atomic E-state index is 12.1. The molecule has 0 spiro atoms. The molecule has 140 valence electrons. The van der Waals surface area contributed by atoms with Gasteiger partial charge in [-0.2, -0.15) is 0 Å². The Bertz CT molecular complexity index is 926. The third kappa shape index (κ3) is 4.84. The van der Waals surface area contributed by atoms with Gasteiger partial charge >= 0.3 is 5.97 Å². The number of aryl methyl sites for hydroxylation is 1. The molecular formula is C17H15N3O7. The standard InChI is InChI=1S/C17H15N3O7/c1-10-8-12(6-7-15(10)20(25)26)17(22)27-11(2)16(21)18-13-4-3-5-14(9-13)19(23)24/h3-9,11H,1-2H3,(H,18,21). The predicted octanol–water partition coefficient (Wildman–Crippen LogP) is 3.00. The lowest BCUT2D eigenvalue weighted by atomic mass is 10.1. The monoisotopic (exact) mass is 373 g/mol. The van der Waals surface area contributed by atoms with E-state index in [1.54, 1.807) is 0 Å². The highest BCUT2D eigenvalue weighted by molar-refractivity contribution is 5.97. The summed E-state index contributed by atoms with van der Waals surface area (Å²) in [6.45, 7) is 2.82. The van der Waals surface area contributed by atoms with E-state index in [-0.39, 0.29) is 28.2 Å². The number of nitrogens with one attached hydrogen (secondary N) is 1. The van der Waals surface area contributed by atoms with Gasteiger partial charge < -0.3 is 10.1 Å². The Balaban J connectivity index is 2.04. The van der Waals surface area contributed by atoms with Crippen LogP contribution in [0.1, 0.15) is 22.8 Å². The van der Waals surface area contributed by atoms with E-state index in [1.807, 2.05) is 0 Å². The minimum atomic E-state index is -1.19. The summed E-state index contributed by atoms with van der Waals surface area (Å²) in [6.07, 6.45) is -1.19. The highest BCUT2D eigenvalue weighted by Gasteiger charge is 2.21. The molecule has 0 aliphatic rings. The van der Waals surface area contributed by atoms with E-state index in [0.717, 1.165) is 0 Å². The van der Waals surface area contributed by atoms with Crippen molar-refractivity contribution < 1.29 is 24.2 Å². The maximum Gasteiger partial charge on any atom is 0.338 e. The predicted molar refractivity (Wildman–Crippen MR) is 94.4 cm³/mol. The van der Waals surface area contributed by atoms with Crippen LogP contribution >= 0.6 is 0 Å². The molecule has 0 radical (unpaired) electrons. The van der Waals surface area contributed by atoms with Crippen molar-refractivity contribution in [2.75, 3.05) is 5.32 Å². The largest absolute Gasteiger partial charge is 0.449 e. The first-order chi connectivity index (χ1) is 12.7. The van der Waals surface area contributed by atoms with Crippen LogP contribution in [-0.4, -0.2) is 27.8 Å². The molecule has 0 aliphatic carbocycles. The number of esters is 1. The van der Waals surface area contributed by atoms with Gasteiger partial charge in [-0.05, 0) is 32.0 Å². The van der Waals surface area contributed by atoms with Crippen LogP contribution in [0.15, 0.2) is 42.5 Å². The van der Waals surface area contributed by atoms with Gasteiger partial charge in [0.25, 0.3) is 17.3 Å². The van der Waals surface area contributed by atoms with Crippen molar-refractivity contribution in [2.24, 2.45) is 0 Å². The fraction of sp³-hybridized carbons (Fsp3) is 0.176. The van der Waals surface area contributed by atoms with Gasteiger partial charge in [-0.3, -0.25) is 25.0 Å². The van der Waals surface area contributed by atoms with Crippen LogP contribution in [0.3, 0.4) is 0 Å². The van der Waals surface area contributed by atoms with Crippen molar-refractivity contribution in [3.63, 3.8) is 0 Å². The third-order valence-electron chi connectivity index (χ3n) is 3.61. The molecule has 1 N–H and O–H groups in total. The first kappa shape index (κ1) is 19.5. The van der Waals surface area contributed by atoms with Crippen LogP contribution < -0.4 is 5.32 Å². The fourth-order valence-electron chi connectivity index (χ4n) is 2.21. The molecule has 1 atom stereocenters. The molecular weight excluding hydrogens is 358 g/mol. The van der Waals surface area contributed by atoms with Gasteiger partial charge in [0.2, 0.25) is 0 Å². The van der Waals surface area contributed by atoms with Gasteiger partial charge in [-0.1, -0.05) is 6.07 Å². The number of non-ortho nitro benzene ring substituents is 1. The number of nitrogens with zero attached hydrogens (tertiary/aromatic N) is 2. The van der Waals surface area contributed by atoms with E-state index in [0.29, 0.717) is 0 Å². The zero-order valence-corrected chi connectivity index (χ0v) is 14.4. The van der Waals surface area contributed by atoms with Crippen LogP contribution in [0.2, 0.25) is 0 Å². The van der Waals surface area contributed by atoms with Gasteiger partial charge in [0.05, 0.1) is 15.4 Å². The van der Waals surface area contributed by atoms with Crippen LogP contribution in [0.4, 0.5) is 17.1 Å². The second kappa shape index (κ2) is 8.04. The highest BCUT2D eigenvalue weighted by Crippen LogP contribution is 2.20. The van der Waals surface area contributed by atoms with Gasteiger partial charge in [0.1, 0.15) is 0 Å². The number of ether oxygens (including phenoxy) is 1. The van der Waals surface area contributed by atoms with Gasteiger partial charge in [-0.15, -0.1) is 0 Å². The van der Waals surface area contributed by atoms with Gasteiger partial charge in [0.15, 0.2) is 6.10 Å². The van der Waals surface area contributed by atoms with Crippen molar-refractivity contribution in [1.29, 1.82) is 0 Å². The summed E-state index contributed by atoms with van der Waals surface area (Å²) in [5, 5.41) is 24.0. The molecule has 0 aromatic heterocycles. The number of anilines is 1. The minimum absolute atomic E-state index is 0.0631. The highest BCUT2D eigenvalue weighted by atomic mass is 16.6. The SMILES string of the molecule is Cc1cc(C(=O)OC(C)C(=O)Nc2cccc([N+](=O)[O-])c2)ccc1[N+](=O)[O-]. The Labute approximate surface area is 153 Å². The molecule has 1 unspecified atom stereocenters. The molecule has 2 aromatic carbocycles. The number of hydrogen-bond acceptors (Lipinski definition) is 7. The molecule has 0 saturated carbocycles. The number of rotatable bonds is 6. The minimum Gasteiger partial charge on any atom is -0.449 e. The second-order valence-corrected chi connectivity index (χ2v) is 5.60. The van der Waals surface area contributed by atoms with E-state index in [4.69, 9.17) is 4.74 Å². The van der Waals surface area contributed by atoms with Crippen molar-refractivity contribution in [3.05, 3.63) is 73.8 Å². The first-order valence-corrected chi connectivity index (χ1v) is 7.70. The first-order valence-electron chi connectivity index (χ1n) is 7.70. The summed E-state index contributed by atoms with van der Waals surface area (Å²) in [7, 11) is 0. The van der Waals surface area contributed by atoms with E-state index in [1.165, 1.54) is 56.3 Å². The average Bonchev–Trinajstić information content (AvgIpc) is 2.61. The number of nitro benzene ring substituents is 2. The summed E-state index contributed by atoms with van der Waals surface area (Å²) >= 11 is 0. The summed E-state index contributed by atoms with van der Waals surface area (Å²) in [4.78, 5) is 44.6. The summed E-state index contributed by atoms with van der Waals surface area (Å²) in [6, 6.07) is 9.02. The van der Waals surface area contributed by atoms with Crippen LogP contribution in [0.25, 0.3) is 0 Å². The van der Waals surface area contributed by atoms with E-state index >= 15 is 0 Å². The fourth-order valence-corrected chi connectivity index (χ4v) is 2.21. The van der Waals surface area contributed by atoms with E-state index < -0.39 is 27.8 Å². The summed E-state index contributed by atoms with van der Waals surface area (Å²) in [5.41, 5.74) is 0.196. The lowest BCUT2D eigenvalue weighted by Crippen LogP contribution is -2.30. The lowest BCUT2D eigenvalue weighted by molar-refractivity contribution is -0.385. The number of carbonyl (C=O) groups is 2. The Morgan fingerprint density at radius 1 is 1.07 bits per heavy atom. The Hall–Kier alpha value is -3.82. The molecule has 0 aliphatic heterocycles. The molecule has 0 heterocycles. The lowest BCUT2D eigenvalue weighted by Gasteiger charge is -2.13. The van der Waals surface area contributed by atoms with Crippen molar-refractivity contribution in [2.45, 2.75) is 20.0 Å². The van der Waals surface area contributed by atoms with Crippen LogP contribution in [-0.2, 0) is 9.53 Å². The molecule has 0 saturated heterocycles. The van der Waals surface area contributed by atoms with Crippen molar-refractivity contribution >= 4 is 28.9 Å². The quantitative estimate of drug-likeness (QED) is 0.466. The van der Waals surface area contributed by atoms with Crippen LogP contribution in [0, 0.1) is 27.2 Å². The van der Waals surface area contributed by atoms with Gasteiger partial charge in [0, 0.05) is 29.4 Å². The topological polar surface area (TPSA) is 142 Å². The molecule has 2 rings (SSSR count). The molecule has 27 heavy (non-hydrogen) atoms. The zero-order valence-electron chi connectivity index (χ0n) is 14.4. The number of amides is 1. The Morgan fingerprint density at radius 3 is 2.37 bits per heavy atom. The number of nitro groups is 2. The zero-order chi connectivity index (χ0) is 20.1. The van der Waals surface area contributed by atoms with Crippen molar-refractivity contribution in [3.8, 4) is 0 Å². The van der Waals surface area contributed by atoms with Crippen molar-refractivity contribution in [1.82, 2.24) is 0 Å². The summed E-state index contributed by atoms with van der Waals surface area (Å²) < 4.78 is 5.05. The normalized spacial score (nSPS) is 11.3.